The molecule has 2 aromatic rings. The Hall–Kier alpha value is -1.05. The Morgan fingerprint density at radius 1 is 0.806 bits per heavy atom. The number of nitrogens with zero attached hydrogens (tertiary/aromatic N) is 2. The molecule has 0 aromatic heterocycles. The summed E-state index contributed by atoms with van der Waals surface area (Å²) < 4.78 is 37.6. The van der Waals surface area contributed by atoms with E-state index in [-0.39, 0.29) is 29.6 Å². The quantitative estimate of drug-likeness (QED) is 0.282. The van der Waals surface area contributed by atoms with Gasteiger partial charge in [0, 0.05) is 6.54 Å². The largest absolute Gasteiger partial charge is 1.00 e. The molecular weight excluding hydrogens is 419 g/mol. The van der Waals surface area contributed by atoms with Gasteiger partial charge in [0.25, 0.3) is 0 Å². The third-order valence-electron chi connectivity index (χ3n) is 5.81. The van der Waals surface area contributed by atoms with E-state index >= 15 is 0 Å². The van der Waals surface area contributed by atoms with Crippen molar-refractivity contribution < 1.29 is 42.5 Å². The van der Waals surface area contributed by atoms with Gasteiger partial charge in [0.1, 0.15) is 6.17 Å². The number of para-hydroxylation sites is 2. The predicted octanol–water partition coefficient (Wildman–Crippen LogP) is 2.83. The molecule has 0 N–H and O–H groups in total. The molecule has 0 saturated heterocycles. The Kier molecular flexibility index (Phi) is 10.9. The topological polar surface area (TPSA) is 63.7 Å². The summed E-state index contributed by atoms with van der Waals surface area (Å²) in [6.45, 7) is 2.79. The molecule has 1 aliphatic rings. The number of rotatable bonds is 12. The van der Waals surface area contributed by atoms with Crippen molar-refractivity contribution in [3.63, 3.8) is 0 Å². The molecule has 31 heavy (non-hydrogen) atoms. The van der Waals surface area contributed by atoms with E-state index in [1.807, 2.05) is 42.5 Å². The second-order valence-corrected chi connectivity index (χ2v) is 9.35. The summed E-state index contributed by atoms with van der Waals surface area (Å²) in [6.07, 6.45) is 9.64. The van der Waals surface area contributed by atoms with Crippen molar-refractivity contribution >= 4 is 21.7 Å². The SMILES string of the molecule is CCCCCCCCCCC1N(Cc2ccccc2)c2ccccc2N1S(=O)(=O)[O-].[Na+]. The summed E-state index contributed by atoms with van der Waals surface area (Å²) in [5, 5.41) is 0. The van der Waals surface area contributed by atoms with Gasteiger partial charge in [-0.15, -0.1) is 0 Å². The van der Waals surface area contributed by atoms with Gasteiger partial charge in [-0.05, 0) is 30.5 Å². The van der Waals surface area contributed by atoms with Crippen LogP contribution in [0.25, 0.3) is 0 Å². The van der Waals surface area contributed by atoms with E-state index in [9.17, 15) is 13.0 Å². The maximum atomic E-state index is 12.2. The Morgan fingerprint density at radius 3 is 1.97 bits per heavy atom. The zero-order chi connectivity index (χ0) is 21.4. The number of fused-ring (bicyclic) bond motifs is 1. The smallest absolute Gasteiger partial charge is 0.731 e. The molecular formula is C24H33N2NaO3S. The molecule has 0 saturated carbocycles. The van der Waals surface area contributed by atoms with Gasteiger partial charge >= 0.3 is 29.6 Å². The van der Waals surface area contributed by atoms with E-state index in [2.05, 4.69) is 11.8 Å². The molecule has 1 heterocycles. The minimum Gasteiger partial charge on any atom is -0.731 e. The predicted molar refractivity (Wildman–Crippen MR) is 122 cm³/mol. The fourth-order valence-electron chi connectivity index (χ4n) is 4.32. The third-order valence-corrected chi connectivity index (χ3v) is 6.73. The van der Waals surface area contributed by atoms with E-state index in [0.717, 1.165) is 34.8 Å². The average molecular weight is 453 g/mol. The van der Waals surface area contributed by atoms with Crippen LogP contribution in [0.1, 0.15) is 70.3 Å². The maximum Gasteiger partial charge on any atom is 1.00 e. The van der Waals surface area contributed by atoms with Crippen molar-refractivity contribution in [3.8, 4) is 0 Å². The first kappa shape index (κ1) is 26.2. The molecule has 1 atom stereocenters. The van der Waals surface area contributed by atoms with Gasteiger partial charge in [-0.25, -0.2) is 8.42 Å². The zero-order valence-corrected chi connectivity index (χ0v) is 21.7. The number of hydrogen-bond acceptors (Lipinski definition) is 4. The zero-order valence-electron chi connectivity index (χ0n) is 18.9. The molecule has 0 fully saturated rings. The number of unbranched alkanes of at least 4 members (excludes halogenated alkanes) is 7. The molecule has 5 nitrogen and oxygen atoms in total. The second-order valence-electron chi connectivity index (χ2n) is 8.10. The van der Waals surface area contributed by atoms with Crippen molar-refractivity contribution in [1.29, 1.82) is 0 Å². The molecule has 164 valence electrons. The molecule has 3 rings (SSSR count). The van der Waals surface area contributed by atoms with Crippen LogP contribution >= 0.6 is 0 Å². The summed E-state index contributed by atoms with van der Waals surface area (Å²) in [6, 6.07) is 17.3. The van der Waals surface area contributed by atoms with Crippen LogP contribution in [-0.4, -0.2) is 19.1 Å². The summed E-state index contributed by atoms with van der Waals surface area (Å²) in [7, 11) is -4.61. The van der Waals surface area contributed by atoms with Crippen molar-refractivity contribution in [2.24, 2.45) is 0 Å². The molecule has 0 aliphatic carbocycles. The second kappa shape index (κ2) is 12.9. The van der Waals surface area contributed by atoms with Crippen molar-refractivity contribution in [2.75, 3.05) is 9.21 Å². The molecule has 1 aliphatic heterocycles. The molecule has 7 heteroatoms. The number of benzene rings is 2. The molecule has 2 aromatic carbocycles. The first-order valence-electron chi connectivity index (χ1n) is 11.2. The van der Waals surface area contributed by atoms with Crippen LogP contribution in [0.15, 0.2) is 54.6 Å². The summed E-state index contributed by atoms with van der Waals surface area (Å²) in [4.78, 5) is 2.07. The van der Waals surface area contributed by atoms with Crippen LogP contribution in [0.4, 0.5) is 11.4 Å². The standard InChI is InChI=1S/C24H34N2O3S.Na/c1-2-3-4-5-6-7-8-12-19-24-25(20-21-15-10-9-11-16-21)22-17-13-14-18-23(22)26(24)30(27,28)29;/h9-11,13-18,24H,2-8,12,19-20H2,1H3,(H,27,28,29);/q;+1/p-1. The van der Waals surface area contributed by atoms with Crippen LogP contribution in [-0.2, 0) is 16.8 Å². The van der Waals surface area contributed by atoms with Crippen LogP contribution in [0.3, 0.4) is 0 Å². The summed E-state index contributed by atoms with van der Waals surface area (Å²) in [5.74, 6) is 0. The van der Waals surface area contributed by atoms with E-state index in [0.29, 0.717) is 18.7 Å². The Bertz CT molecular complexity index is 893. The first-order valence-corrected chi connectivity index (χ1v) is 12.5. The summed E-state index contributed by atoms with van der Waals surface area (Å²) in [5.41, 5.74) is 2.40. The van der Waals surface area contributed by atoms with E-state index < -0.39 is 16.5 Å². The van der Waals surface area contributed by atoms with Crippen molar-refractivity contribution in [1.82, 2.24) is 0 Å². The van der Waals surface area contributed by atoms with Crippen LogP contribution in [0.5, 0.6) is 0 Å². The maximum absolute atomic E-state index is 12.2. The van der Waals surface area contributed by atoms with Gasteiger partial charge in [-0.1, -0.05) is 94.3 Å². The van der Waals surface area contributed by atoms with E-state index in [4.69, 9.17) is 0 Å². The van der Waals surface area contributed by atoms with Gasteiger partial charge in [0.05, 0.1) is 11.4 Å². The molecule has 0 radical (unpaired) electrons. The Labute approximate surface area is 210 Å². The van der Waals surface area contributed by atoms with Gasteiger partial charge in [0.2, 0.25) is 0 Å². The summed E-state index contributed by atoms with van der Waals surface area (Å²) >= 11 is 0. The van der Waals surface area contributed by atoms with E-state index in [1.54, 1.807) is 12.1 Å². The average Bonchev–Trinajstić information content (AvgIpc) is 3.04. The molecule has 0 bridgehead atoms. The Morgan fingerprint density at radius 2 is 1.35 bits per heavy atom. The fourth-order valence-corrected chi connectivity index (χ4v) is 5.23. The van der Waals surface area contributed by atoms with Crippen molar-refractivity contribution in [3.05, 3.63) is 60.2 Å². The van der Waals surface area contributed by atoms with E-state index in [1.165, 1.54) is 32.1 Å². The molecule has 0 amide bonds. The minimum absolute atomic E-state index is 0. The third kappa shape index (κ3) is 7.22. The van der Waals surface area contributed by atoms with Gasteiger partial charge in [0.15, 0.2) is 10.3 Å². The van der Waals surface area contributed by atoms with Gasteiger partial charge in [-0.3, -0.25) is 4.31 Å². The van der Waals surface area contributed by atoms with Crippen molar-refractivity contribution in [2.45, 2.75) is 77.4 Å². The van der Waals surface area contributed by atoms with Crippen LogP contribution < -0.4 is 38.8 Å². The Balaban J connectivity index is 0.00000341. The van der Waals surface area contributed by atoms with Gasteiger partial charge < -0.3 is 9.45 Å². The molecule has 0 spiro atoms. The number of hydrogen-bond donors (Lipinski definition) is 0. The van der Waals surface area contributed by atoms with Crippen LogP contribution in [0.2, 0.25) is 0 Å². The monoisotopic (exact) mass is 452 g/mol. The molecule has 1 unspecified atom stereocenters. The first-order chi connectivity index (χ1) is 14.5. The minimum atomic E-state index is -4.61. The normalized spacial score (nSPS) is 15.6. The fraction of sp³-hybridized carbons (Fsp3) is 0.500. The van der Waals surface area contributed by atoms with Gasteiger partial charge in [-0.2, -0.15) is 0 Å². The van der Waals surface area contributed by atoms with Crippen LogP contribution in [0, 0.1) is 0 Å². The number of anilines is 2.